The summed E-state index contributed by atoms with van der Waals surface area (Å²) in [6.45, 7) is 5.17. The van der Waals surface area contributed by atoms with E-state index in [-0.39, 0.29) is 12.3 Å². The van der Waals surface area contributed by atoms with E-state index in [1.54, 1.807) is 0 Å². The van der Waals surface area contributed by atoms with Gasteiger partial charge in [-0.1, -0.05) is 5.16 Å². The number of carboxylic acids is 1. The number of likely N-dealkylation sites (tertiary alicyclic amines) is 1. The van der Waals surface area contributed by atoms with E-state index in [4.69, 9.17) is 9.63 Å². The summed E-state index contributed by atoms with van der Waals surface area (Å²) in [5.74, 6) is 0.469. The van der Waals surface area contributed by atoms with Gasteiger partial charge in [0.05, 0.1) is 5.69 Å². The third-order valence-corrected chi connectivity index (χ3v) is 4.18. The average molecular weight is 294 g/mol. The lowest BCUT2D eigenvalue weighted by atomic mass is 10.0. The Morgan fingerprint density at radius 3 is 2.76 bits per heavy atom. The van der Waals surface area contributed by atoms with Crippen LogP contribution in [0.15, 0.2) is 4.52 Å². The van der Waals surface area contributed by atoms with Crippen molar-refractivity contribution in [1.29, 1.82) is 0 Å². The van der Waals surface area contributed by atoms with Gasteiger partial charge in [0.1, 0.15) is 5.76 Å². The van der Waals surface area contributed by atoms with E-state index in [0.717, 1.165) is 30.0 Å². The largest absolute Gasteiger partial charge is 0.481 e. The molecule has 1 aromatic heterocycles. The number of hydrogen-bond acceptors (Lipinski definition) is 4. The lowest BCUT2D eigenvalue weighted by molar-refractivity contribution is -0.137. The summed E-state index contributed by atoms with van der Waals surface area (Å²) in [5, 5.41) is 12.6. The zero-order valence-corrected chi connectivity index (χ0v) is 12.6. The zero-order valence-electron chi connectivity index (χ0n) is 12.6. The first kappa shape index (κ1) is 15.5. The number of carbonyl (C=O) groups is 2. The van der Waals surface area contributed by atoms with E-state index in [9.17, 15) is 9.59 Å². The molecule has 1 aliphatic rings. The molecule has 6 heteroatoms. The summed E-state index contributed by atoms with van der Waals surface area (Å²) in [6, 6.07) is 0. The molecule has 0 spiro atoms. The van der Waals surface area contributed by atoms with E-state index in [1.165, 1.54) is 0 Å². The number of carbonyl (C=O) groups excluding carboxylic acids is 1. The normalized spacial score (nSPS) is 18.2. The molecule has 0 saturated carbocycles. The summed E-state index contributed by atoms with van der Waals surface area (Å²) in [7, 11) is 0. The maximum absolute atomic E-state index is 12.2. The smallest absolute Gasteiger partial charge is 0.303 e. The first-order valence-electron chi connectivity index (χ1n) is 7.38. The molecule has 116 valence electrons. The van der Waals surface area contributed by atoms with E-state index in [0.29, 0.717) is 31.7 Å². The van der Waals surface area contributed by atoms with Gasteiger partial charge in [0, 0.05) is 31.5 Å². The highest BCUT2D eigenvalue weighted by Gasteiger charge is 2.26. The van der Waals surface area contributed by atoms with Crippen LogP contribution in [0.3, 0.4) is 0 Å². The fourth-order valence-electron chi connectivity index (χ4n) is 2.87. The van der Waals surface area contributed by atoms with Gasteiger partial charge in [0.25, 0.3) is 0 Å². The molecule has 21 heavy (non-hydrogen) atoms. The molecule has 1 aromatic rings. The van der Waals surface area contributed by atoms with Gasteiger partial charge in [-0.3, -0.25) is 9.59 Å². The van der Waals surface area contributed by atoms with Gasteiger partial charge in [-0.05, 0) is 39.0 Å². The Balaban J connectivity index is 1.78. The second-order valence-electron chi connectivity index (χ2n) is 5.73. The Bertz CT molecular complexity index is 504. The Labute approximate surface area is 124 Å². The molecule has 1 N–H and O–H groups in total. The van der Waals surface area contributed by atoms with Gasteiger partial charge in [-0.15, -0.1) is 0 Å². The minimum atomic E-state index is -0.766. The van der Waals surface area contributed by atoms with Crippen LogP contribution >= 0.6 is 0 Å². The average Bonchev–Trinajstić information content (AvgIpc) is 3.02. The van der Waals surface area contributed by atoms with Gasteiger partial charge >= 0.3 is 5.97 Å². The Morgan fingerprint density at radius 1 is 1.38 bits per heavy atom. The molecule has 0 aliphatic carbocycles. The second-order valence-corrected chi connectivity index (χ2v) is 5.73. The van der Waals surface area contributed by atoms with Crippen LogP contribution in [-0.4, -0.2) is 40.1 Å². The van der Waals surface area contributed by atoms with E-state index in [2.05, 4.69) is 5.16 Å². The van der Waals surface area contributed by atoms with Crippen LogP contribution < -0.4 is 0 Å². The van der Waals surface area contributed by atoms with E-state index < -0.39 is 5.97 Å². The van der Waals surface area contributed by atoms with Gasteiger partial charge in [0.2, 0.25) is 5.91 Å². The quantitative estimate of drug-likeness (QED) is 0.866. The van der Waals surface area contributed by atoms with E-state index in [1.807, 2.05) is 18.7 Å². The molecular formula is C15H22N2O4. The SMILES string of the molecule is Cc1noc(C)c1CCC(=O)N1CCC(CCC(=O)O)C1. The molecule has 1 aliphatic heterocycles. The summed E-state index contributed by atoms with van der Waals surface area (Å²) in [4.78, 5) is 24.6. The number of rotatable bonds is 6. The van der Waals surface area contributed by atoms with Crippen molar-refractivity contribution in [3.63, 3.8) is 0 Å². The molecule has 0 bridgehead atoms. The van der Waals surface area contributed by atoms with Crippen molar-refractivity contribution in [2.75, 3.05) is 13.1 Å². The minimum absolute atomic E-state index is 0.132. The molecule has 1 fully saturated rings. The maximum atomic E-state index is 12.2. The third-order valence-electron chi connectivity index (χ3n) is 4.18. The predicted octanol–water partition coefficient (Wildman–Crippen LogP) is 1.94. The molecule has 6 nitrogen and oxygen atoms in total. The first-order chi connectivity index (χ1) is 9.97. The van der Waals surface area contributed by atoms with Crippen LogP contribution in [0.4, 0.5) is 0 Å². The Morgan fingerprint density at radius 2 is 2.14 bits per heavy atom. The van der Waals surface area contributed by atoms with Crippen molar-refractivity contribution >= 4 is 11.9 Å². The topological polar surface area (TPSA) is 83.6 Å². The lowest BCUT2D eigenvalue weighted by Crippen LogP contribution is -2.29. The predicted molar refractivity (Wildman–Crippen MR) is 75.9 cm³/mol. The van der Waals surface area contributed by atoms with Gasteiger partial charge < -0.3 is 14.5 Å². The zero-order chi connectivity index (χ0) is 15.4. The molecule has 1 saturated heterocycles. The highest BCUT2D eigenvalue weighted by atomic mass is 16.5. The molecule has 1 atom stereocenters. The Hall–Kier alpha value is -1.85. The molecular weight excluding hydrogens is 272 g/mol. The summed E-state index contributed by atoms with van der Waals surface area (Å²) in [5.41, 5.74) is 1.87. The van der Waals surface area contributed by atoms with Crippen molar-refractivity contribution in [2.45, 2.75) is 46.0 Å². The van der Waals surface area contributed by atoms with Crippen LogP contribution in [0.5, 0.6) is 0 Å². The number of carboxylic acid groups (broad SMARTS) is 1. The van der Waals surface area contributed by atoms with Gasteiger partial charge in [-0.25, -0.2) is 0 Å². The summed E-state index contributed by atoms with van der Waals surface area (Å²) >= 11 is 0. The Kier molecular flexibility index (Phi) is 4.98. The summed E-state index contributed by atoms with van der Waals surface area (Å²) in [6.07, 6.45) is 2.85. The minimum Gasteiger partial charge on any atom is -0.481 e. The number of aliphatic carboxylic acids is 1. The number of amides is 1. The van der Waals surface area contributed by atoms with Crippen molar-refractivity contribution in [2.24, 2.45) is 5.92 Å². The van der Waals surface area contributed by atoms with Crippen LogP contribution in [0.2, 0.25) is 0 Å². The number of aromatic nitrogens is 1. The monoisotopic (exact) mass is 294 g/mol. The highest BCUT2D eigenvalue weighted by Crippen LogP contribution is 2.22. The highest BCUT2D eigenvalue weighted by molar-refractivity contribution is 5.76. The molecule has 0 radical (unpaired) electrons. The fourth-order valence-corrected chi connectivity index (χ4v) is 2.87. The number of nitrogens with zero attached hydrogens (tertiary/aromatic N) is 2. The second kappa shape index (κ2) is 6.74. The van der Waals surface area contributed by atoms with Gasteiger partial charge in [0.15, 0.2) is 0 Å². The van der Waals surface area contributed by atoms with Gasteiger partial charge in [-0.2, -0.15) is 0 Å². The van der Waals surface area contributed by atoms with Crippen LogP contribution in [-0.2, 0) is 16.0 Å². The maximum Gasteiger partial charge on any atom is 0.303 e. The molecule has 1 unspecified atom stereocenters. The number of aryl methyl sites for hydroxylation is 2. The molecule has 1 amide bonds. The third kappa shape index (κ3) is 4.06. The van der Waals surface area contributed by atoms with Crippen molar-refractivity contribution in [3.8, 4) is 0 Å². The van der Waals surface area contributed by atoms with E-state index >= 15 is 0 Å². The number of hydrogen-bond donors (Lipinski definition) is 1. The van der Waals surface area contributed by atoms with Crippen molar-refractivity contribution in [3.05, 3.63) is 17.0 Å². The molecule has 2 heterocycles. The first-order valence-corrected chi connectivity index (χ1v) is 7.38. The van der Waals surface area contributed by atoms with Crippen LogP contribution in [0.1, 0.15) is 42.7 Å². The summed E-state index contributed by atoms with van der Waals surface area (Å²) < 4.78 is 5.09. The van der Waals surface area contributed by atoms with Crippen LogP contribution in [0.25, 0.3) is 0 Å². The van der Waals surface area contributed by atoms with Crippen molar-refractivity contribution in [1.82, 2.24) is 10.1 Å². The van der Waals surface area contributed by atoms with Crippen molar-refractivity contribution < 1.29 is 19.2 Å². The fraction of sp³-hybridized carbons (Fsp3) is 0.667. The standard InChI is InChI=1S/C15H22N2O4/c1-10-13(11(2)21-16-10)4-5-14(18)17-8-7-12(9-17)3-6-15(19)20/h12H,3-9H2,1-2H3,(H,19,20). The lowest BCUT2D eigenvalue weighted by Gasteiger charge is -2.16. The molecule has 2 rings (SSSR count). The van der Waals surface area contributed by atoms with Crippen LogP contribution in [0, 0.1) is 19.8 Å². The molecule has 0 aromatic carbocycles.